The van der Waals surface area contributed by atoms with Crippen molar-refractivity contribution in [3.8, 4) is 16.5 Å². The van der Waals surface area contributed by atoms with Gasteiger partial charge in [0.05, 0.1) is 9.77 Å². The van der Waals surface area contributed by atoms with Gasteiger partial charge >= 0.3 is 0 Å². The predicted octanol–water partition coefficient (Wildman–Crippen LogP) is 4.51. The van der Waals surface area contributed by atoms with E-state index in [9.17, 15) is 13.7 Å². The fourth-order valence-electron chi connectivity index (χ4n) is 2.33. The molecule has 0 aliphatic carbocycles. The lowest BCUT2D eigenvalue weighted by Gasteiger charge is -2.09. The van der Waals surface area contributed by atoms with E-state index in [1.165, 1.54) is 23.3 Å². The van der Waals surface area contributed by atoms with Gasteiger partial charge < -0.3 is 0 Å². The van der Waals surface area contributed by atoms with Gasteiger partial charge in [0.25, 0.3) is 10.0 Å². The topological polar surface area (TPSA) is 82.8 Å². The van der Waals surface area contributed by atoms with Gasteiger partial charge in [-0.15, -0.1) is 11.8 Å². The Labute approximate surface area is 160 Å². The fourth-order valence-corrected chi connectivity index (χ4v) is 4.96. The van der Waals surface area contributed by atoms with Crippen LogP contribution in [0.3, 0.4) is 0 Å². The molecule has 5 nitrogen and oxygen atoms in total. The first-order valence-electron chi connectivity index (χ1n) is 7.58. The summed E-state index contributed by atoms with van der Waals surface area (Å²) in [5, 5.41) is 10.1. The van der Waals surface area contributed by atoms with Crippen molar-refractivity contribution < 1.29 is 8.42 Å². The summed E-state index contributed by atoms with van der Waals surface area (Å²) >= 11 is 2.69. The maximum atomic E-state index is 12.4. The number of thioether (sulfide) groups is 1. The van der Waals surface area contributed by atoms with Crippen LogP contribution in [0.4, 0.5) is 5.69 Å². The molecule has 0 saturated heterocycles. The Morgan fingerprint density at radius 2 is 1.77 bits per heavy atom. The van der Waals surface area contributed by atoms with Crippen LogP contribution in [0.2, 0.25) is 0 Å². The van der Waals surface area contributed by atoms with Crippen molar-refractivity contribution in [3.05, 3.63) is 59.7 Å². The molecule has 0 fully saturated rings. The second-order valence-corrected chi connectivity index (χ2v) is 8.75. The van der Waals surface area contributed by atoms with Gasteiger partial charge in [-0.25, -0.2) is 8.42 Å². The van der Waals surface area contributed by atoms with Gasteiger partial charge in [-0.2, -0.15) is 9.64 Å². The van der Waals surface area contributed by atoms with Crippen LogP contribution in [0.5, 0.6) is 0 Å². The molecule has 0 saturated carbocycles. The van der Waals surface area contributed by atoms with E-state index in [0.717, 1.165) is 16.0 Å². The molecule has 3 rings (SSSR count). The van der Waals surface area contributed by atoms with E-state index >= 15 is 0 Å². The first-order valence-corrected chi connectivity index (χ1v) is 11.1. The third-order valence-electron chi connectivity index (χ3n) is 3.70. The Balaban J connectivity index is 1.85. The molecule has 0 aliphatic heterocycles. The second-order valence-electron chi connectivity index (χ2n) is 5.50. The van der Waals surface area contributed by atoms with E-state index in [4.69, 9.17) is 0 Å². The number of aryl methyl sites for hydroxylation is 1. The molecular formula is C18H15N3O2S3. The van der Waals surface area contributed by atoms with Crippen LogP contribution in [0, 0.1) is 18.3 Å². The molecule has 1 N–H and O–H groups in total. The largest absolute Gasteiger partial charge is 0.280 e. The highest BCUT2D eigenvalue weighted by molar-refractivity contribution is 7.98. The number of sulfonamides is 1. The van der Waals surface area contributed by atoms with Crippen LogP contribution in [0.15, 0.2) is 58.5 Å². The van der Waals surface area contributed by atoms with Crippen LogP contribution in [-0.2, 0) is 10.0 Å². The number of hydrogen-bond acceptors (Lipinski definition) is 6. The summed E-state index contributed by atoms with van der Waals surface area (Å²) in [6, 6.07) is 15.8. The van der Waals surface area contributed by atoms with Crippen LogP contribution < -0.4 is 4.72 Å². The lowest BCUT2D eigenvalue weighted by atomic mass is 10.1. The Bertz CT molecular complexity index is 1060. The van der Waals surface area contributed by atoms with Crippen LogP contribution in [-0.4, -0.2) is 19.0 Å². The summed E-state index contributed by atoms with van der Waals surface area (Å²) in [6.45, 7) is 1.90. The second kappa shape index (κ2) is 7.50. The Morgan fingerprint density at radius 1 is 1.12 bits per heavy atom. The van der Waals surface area contributed by atoms with Crippen molar-refractivity contribution in [1.29, 1.82) is 5.26 Å². The van der Waals surface area contributed by atoms with E-state index in [2.05, 4.69) is 15.2 Å². The molecule has 3 aromatic rings. The third kappa shape index (κ3) is 3.75. The molecule has 1 heterocycles. The zero-order valence-corrected chi connectivity index (χ0v) is 16.5. The number of hydrogen-bond donors (Lipinski definition) is 1. The molecule has 8 heteroatoms. The average Bonchev–Trinajstić information content (AvgIpc) is 3.05. The highest BCUT2D eigenvalue weighted by atomic mass is 32.2. The fraction of sp³-hybridized carbons (Fsp3) is 0.111. The first-order chi connectivity index (χ1) is 12.4. The van der Waals surface area contributed by atoms with Gasteiger partial charge in [0.1, 0.15) is 16.7 Å². The maximum Gasteiger partial charge on any atom is 0.261 e. The third-order valence-corrected chi connectivity index (χ3v) is 6.79. The van der Waals surface area contributed by atoms with Crippen LogP contribution in [0.1, 0.15) is 11.1 Å². The summed E-state index contributed by atoms with van der Waals surface area (Å²) < 4.78 is 31.7. The highest BCUT2D eigenvalue weighted by Crippen LogP contribution is 2.34. The quantitative estimate of drug-likeness (QED) is 0.636. The molecule has 0 amide bonds. The first kappa shape index (κ1) is 18.5. The van der Waals surface area contributed by atoms with E-state index in [0.29, 0.717) is 16.3 Å². The van der Waals surface area contributed by atoms with Crippen molar-refractivity contribution in [3.63, 3.8) is 0 Å². The summed E-state index contributed by atoms with van der Waals surface area (Å²) in [4.78, 5) is 0.996. The van der Waals surface area contributed by atoms with Crippen molar-refractivity contribution in [1.82, 2.24) is 4.37 Å². The highest BCUT2D eigenvalue weighted by Gasteiger charge is 2.16. The van der Waals surface area contributed by atoms with Gasteiger partial charge in [-0.05, 0) is 54.5 Å². The molecular weight excluding hydrogens is 386 g/mol. The SMILES string of the molecule is CSc1nsc(-c2ccc(NS(=O)(=O)c3ccc(C)cc3)cc2)c1C#N. The number of anilines is 1. The van der Waals surface area contributed by atoms with E-state index < -0.39 is 10.0 Å². The number of nitriles is 1. The van der Waals surface area contributed by atoms with Crippen molar-refractivity contribution in [2.24, 2.45) is 0 Å². The molecule has 132 valence electrons. The normalized spacial score (nSPS) is 11.1. The summed E-state index contributed by atoms with van der Waals surface area (Å²) in [7, 11) is -3.64. The van der Waals surface area contributed by atoms with E-state index in [1.807, 2.05) is 13.2 Å². The number of nitrogens with zero attached hydrogens (tertiary/aromatic N) is 2. The molecule has 0 atom stereocenters. The van der Waals surface area contributed by atoms with Crippen molar-refractivity contribution in [2.45, 2.75) is 16.8 Å². The van der Waals surface area contributed by atoms with Crippen molar-refractivity contribution in [2.75, 3.05) is 11.0 Å². The molecule has 0 bridgehead atoms. The molecule has 1 aromatic heterocycles. The standard InChI is InChI=1S/C18H15N3O2S3/c1-12-3-9-15(10-4-12)26(22,23)21-14-7-5-13(6-8-14)17-16(11-19)18(24-2)20-25-17/h3-10,21H,1-2H3. The molecule has 0 radical (unpaired) electrons. The monoisotopic (exact) mass is 401 g/mol. The van der Waals surface area contributed by atoms with Gasteiger partial charge in [0.15, 0.2) is 0 Å². The Morgan fingerprint density at radius 3 is 2.35 bits per heavy atom. The minimum Gasteiger partial charge on any atom is -0.280 e. The van der Waals surface area contributed by atoms with E-state index in [-0.39, 0.29) is 4.90 Å². The number of benzene rings is 2. The van der Waals surface area contributed by atoms with Gasteiger partial charge in [0, 0.05) is 5.69 Å². The molecule has 26 heavy (non-hydrogen) atoms. The van der Waals surface area contributed by atoms with Crippen molar-refractivity contribution >= 4 is 39.0 Å². The smallest absolute Gasteiger partial charge is 0.261 e. The molecule has 2 aromatic carbocycles. The molecule has 0 aliphatic rings. The average molecular weight is 402 g/mol. The number of aromatic nitrogens is 1. The lowest BCUT2D eigenvalue weighted by molar-refractivity contribution is 0.601. The number of rotatable bonds is 5. The zero-order chi connectivity index (χ0) is 18.7. The summed E-state index contributed by atoms with van der Waals surface area (Å²) in [6.07, 6.45) is 1.88. The Hall–Kier alpha value is -2.34. The van der Waals surface area contributed by atoms with Crippen LogP contribution in [0.25, 0.3) is 10.4 Å². The minimum atomic E-state index is -3.64. The van der Waals surface area contributed by atoms with Gasteiger partial charge in [-0.3, -0.25) is 4.72 Å². The Kier molecular flexibility index (Phi) is 5.32. The van der Waals surface area contributed by atoms with E-state index in [1.54, 1.807) is 48.5 Å². The zero-order valence-electron chi connectivity index (χ0n) is 14.1. The van der Waals surface area contributed by atoms with Gasteiger partial charge in [0.2, 0.25) is 0 Å². The molecule has 0 unspecified atom stereocenters. The van der Waals surface area contributed by atoms with Gasteiger partial charge in [-0.1, -0.05) is 29.8 Å². The minimum absolute atomic E-state index is 0.214. The predicted molar refractivity (Wildman–Crippen MR) is 106 cm³/mol. The summed E-state index contributed by atoms with van der Waals surface area (Å²) in [5.41, 5.74) is 2.84. The van der Waals surface area contributed by atoms with Crippen LogP contribution >= 0.6 is 23.3 Å². The summed E-state index contributed by atoms with van der Waals surface area (Å²) in [5.74, 6) is 0. The number of nitrogens with one attached hydrogen (secondary N) is 1. The lowest BCUT2D eigenvalue weighted by Crippen LogP contribution is -2.12. The maximum absolute atomic E-state index is 12.4. The molecule has 0 spiro atoms.